The van der Waals surface area contributed by atoms with Gasteiger partial charge in [-0.25, -0.2) is 9.59 Å². The van der Waals surface area contributed by atoms with Gasteiger partial charge in [-0.2, -0.15) is 11.8 Å². The zero-order valence-electron chi connectivity index (χ0n) is 12.5. The zero-order valence-corrected chi connectivity index (χ0v) is 13.3. The minimum atomic E-state index is -0.966. The number of urea groups is 1. The van der Waals surface area contributed by atoms with E-state index in [2.05, 4.69) is 10.2 Å². The second-order valence-corrected chi connectivity index (χ2v) is 6.27. The van der Waals surface area contributed by atoms with Crippen LogP contribution in [0.25, 0.3) is 0 Å². The maximum Gasteiger partial charge on any atom is 0.326 e. The molecular weight excluding hydrogens is 278 g/mol. The number of likely N-dealkylation sites (N-methyl/N-ethyl adjacent to an activating group) is 1. The Balaban J connectivity index is 2.60. The van der Waals surface area contributed by atoms with Crippen molar-refractivity contribution in [2.45, 2.75) is 31.8 Å². The molecule has 0 radical (unpaired) electrons. The Hall–Kier alpha value is -0.950. The van der Waals surface area contributed by atoms with Crippen molar-refractivity contribution in [3.8, 4) is 0 Å². The van der Waals surface area contributed by atoms with E-state index in [0.717, 1.165) is 25.3 Å². The molecule has 1 unspecified atom stereocenters. The van der Waals surface area contributed by atoms with Crippen LogP contribution in [0.5, 0.6) is 0 Å². The van der Waals surface area contributed by atoms with Gasteiger partial charge >= 0.3 is 12.0 Å². The van der Waals surface area contributed by atoms with Crippen LogP contribution in [-0.2, 0) is 4.79 Å². The van der Waals surface area contributed by atoms with Crippen molar-refractivity contribution in [1.82, 2.24) is 15.1 Å². The first-order valence-corrected chi connectivity index (χ1v) is 8.32. The minimum absolute atomic E-state index is 0.0949. The maximum atomic E-state index is 12.3. The molecule has 6 nitrogen and oxygen atoms in total. The van der Waals surface area contributed by atoms with Gasteiger partial charge in [-0.05, 0) is 45.4 Å². The molecule has 1 saturated heterocycles. The standard InChI is InChI=1S/C13H25N3O3S/c1-10-9-15(2)6-4-7-16(10)13(19)14-11(12(17)18)5-8-20-3/h10-11H,4-9H2,1-3H3,(H,14,19)(H,17,18)/t10?,11-/m0/s1. The van der Waals surface area contributed by atoms with Gasteiger partial charge in [0.05, 0.1) is 0 Å². The topological polar surface area (TPSA) is 72.9 Å². The van der Waals surface area contributed by atoms with Crippen LogP contribution >= 0.6 is 11.8 Å². The van der Waals surface area contributed by atoms with Crippen molar-refractivity contribution in [1.29, 1.82) is 0 Å². The number of hydrogen-bond donors (Lipinski definition) is 2. The molecule has 0 aromatic carbocycles. The van der Waals surface area contributed by atoms with Gasteiger partial charge in [-0.1, -0.05) is 0 Å². The second kappa shape index (κ2) is 8.36. The lowest BCUT2D eigenvalue weighted by molar-refractivity contribution is -0.139. The van der Waals surface area contributed by atoms with Crippen LogP contribution in [0.3, 0.4) is 0 Å². The molecule has 7 heteroatoms. The van der Waals surface area contributed by atoms with E-state index < -0.39 is 12.0 Å². The quantitative estimate of drug-likeness (QED) is 0.790. The monoisotopic (exact) mass is 303 g/mol. The summed E-state index contributed by atoms with van der Waals surface area (Å²) in [5.41, 5.74) is 0. The summed E-state index contributed by atoms with van der Waals surface area (Å²) in [6.07, 6.45) is 3.29. The predicted molar refractivity (Wildman–Crippen MR) is 81.2 cm³/mol. The third-order valence-corrected chi connectivity index (χ3v) is 4.16. The van der Waals surface area contributed by atoms with Crippen LogP contribution in [0.4, 0.5) is 4.79 Å². The summed E-state index contributed by atoms with van der Waals surface area (Å²) in [6.45, 7) is 4.45. The second-order valence-electron chi connectivity index (χ2n) is 5.28. The average molecular weight is 303 g/mol. The van der Waals surface area contributed by atoms with Crippen LogP contribution in [0.1, 0.15) is 19.8 Å². The first-order chi connectivity index (χ1) is 9.45. The van der Waals surface area contributed by atoms with Gasteiger partial charge in [-0.3, -0.25) is 0 Å². The van der Waals surface area contributed by atoms with Crippen molar-refractivity contribution >= 4 is 23.8 Å². The fourth-order valence-electron chi connectivity index (χ4n) is 2.40. The highest BCUT2D eigenvalue weighted by Gasteiger charge is 2.27. The molecule has 2 N–H and O–H groups in total. The Kier molecular flexibility index (Phi) is 7.15. The molecule has 0 aromatic heterocycles. The third kappa shape index (κ3) is 5.20. The largest absolute Gasteiger partial charge is 0.480 e. The Morgan fingerprint density at radius 3 is 2.75 bits per heavy atom. The van der Waals surface area contributed by atoms with Crippen molar-refractivity contribution in [2.75, 3.05) is 38.7 Å². The van der Waals surface area contributed by atoms with Crippen LogP contribution in [0, 0.1) is 0 Å². The van der Waals surface area contributed by atoms with Gasteiger partial charge in [0, 0.05) is 19.1 Å². The molecular formula is C13H25N3O3S. The number of carbonyl (C=O) groups is 2. The summed E-state index contributed by atoms with van der Waals surface area (Å²) in [5.74, 6) is -0.248. The van der Waals surface area contributed by atoms with E-state index in [1.54, 1.807) is 16.7 Å². The van der Waals surface area contributed by atoms with E-state index in [1.807, 2.05) is 20.2 Å². The number of nitrogens with zero attached hydrogens (tertiary/aromatic N) is 2. The minimum Gasteiger partial charge on any atom is -0.480 e. The highest BCUT2D eigenvalue weighted by Crippen LogP contribution is 2.10. The number of carboxylic acids is 1. The van der Waals surface area contributed by atoms with Gasteiger partial charge < -0.3 is 20.2 Å². The van der Waals surface area contributed by atoms with Crippen LogP contribution in [-0.4, -0.2) is 77.7 Å². The molecule has 2 amide bonds. The van der Waals surface area contributed by atoms with E-state index in [1.165, 1.54) is 0 Å². The molecule has 1 aliphatic heterocycles. The van der Waals surface area contributed by atoms with Gasteiger partial charge in [0.1, 0.15) is 6.04 Å². The summed E-state index contributed by atoms with van der Waals surface area (Å²) in [7, 11) is 2.04. The zero-order chi connectivity index (χ0) is 15.1. The van der Waals surface area contributed by atoms with Gasteiger partial charge in [0.2, 0.25) is 0 Å². The number of rotatable bonds is 5. The molecule has 0 aromatic rings. The molecule has 2 atom stereocenters. The molecule has 0 spiro atoms. The molecule has 0 aliphatic carbocycles. The molecule has 1 fully saturated rings. The smallest absolute Gasteiger partial charge is 0.326 e. The van der Waals surface area contributed by atoms with E-state index in [9.17, 15) is 9.59 Å². The molecule has 1 heterocycles. The third-order valence-electron chi connectivity index (χ3n) is 3.51. The molecule has 1 rings (SSSR count). The number of carbonyl (C=O) groups excluding carboxylic acids is 1. The predicted octanol–water partition coefficient (Wildman–Crippen LogP) is 0.928. The number of carboxylic acid groups (broad SMARTS) is 1. The summed E-state index contributed by atoms with van der Waals surface area (Å²) < 4.78 is 0. The Morgan fingerprint density at radius 1 is 1.45 bits per heavy atom. The molecule has 116 valence electrons. The van der Waals surface area contributed by atoms with E-state index in [-0.39, 0.29) is 12.1 Å². The summed E-state index contributed by atoms with van der Waals surface area (Å²) in [4.78, 5) is 27.4. The molecule has 0 bridgehead atoms. The van der Waals surface area contributed by atoms with Crippen molar-refractivity contribution in [3.05, 3.63) is 0 Å². The summed E-state index contributed by atoms with van der Waals surface area (Å²) in [6, 6.07) is -0.970. The lowest BCUT2D eigenvalue weighted by Crippen LogP contribution is -2.52. The Morgan fingerprint density at radius 2 is 2.15 bits per heavy atom. The highest BCUT2D eigenvalue weighted by molar-refractivity contribution is 7.98. The number of amides is 2. The Labute approximate surface area is 124 Å². The number of hydrogen-bond acceptors (Lipinski definition) is 4. The highest BCUT2D eigenvalue weighted by atomic mass is 32.2. The van der Waals surface area contributed by atoms with Gasteiger partial charge in [0.15, 0.2) is 0 Å². The summed E-state index contributed by atoms with van der Waals surface area (Å²) >= 11 is 1.58. The van der Waals surface area contributed by atoms with Gasteiger partial charge in [-0.15, -0.1) is 0 Å². The molecule has 20 heavy (non-hydrogen) atoms. The van der Waals surface area contributed by atoms with Crippen LogP contribution in [0.15, 0.2) is 0 Å². The van der Waals surface area contributed by atoms with E-state index in [4.69, 9.17) is 5.11 Å². The SMILES string of the molecule is CSCC[C@H](NC(=O)N1CCCN(C)CC1C)C(=O)O. The van der Waals surface area contributed by atoms with Gasteiger partial charge in [0.25, 0.3) is 0 Å². The average Bonchev–Trinajstić information content (AvgIpc) is 2.54. The lowest BCUT2D eigenvalue weighted by atomic mass is 10.2. The van der Waals surface area contributed by atoms with E-state index >= 15 is 0 Å². The number of aliphatic carboxylic acids is 1. The fraction of sp³-hybridized carbons (Fsp3) is 0.846. The van der Waals surface area contributed by atoms with Crippen LogP contribution in [0.2, 0.25) is 0 Å². The van der Waals surface area contributed by atoms with Crippen LogP contribution < -0.4 is 5.32 Å². The molecule has 0 saturated carbocycles. The Bertz CT molecular complexity index is 341. The number of nitrogens with one attached hydrogen (secondary N) is 1. The van der Waals surface area contributed by atoms with Crippen molar-refractivity contribution in [2.24, 2.45) is 0 Å². The molecule has 1 aliphatic rings. The first kappa shape index (κ1) is 17.1. The lowest BCUT2D eigenvalue weighted by Gasteiger charge is -2.29. The van der Waals surface area contributed by atoms with E-state index in [0.29, 0.717) is 13.0 Å². The normalized spacial score (nSPS) is 22.1. The first-order valence-electron chi connectivity index (χ1n) is 6.93. The summed E-state index contributed by atoms with van der Waals surface area (Å²) in [5, 5.41) is 11.8. The fourth-order valence-corrected chi connectivity index (χ4v) is 2.87. The van der Waals surface area contributed by atoms with Crippen molar-refractivity contribution in [3.63, 3.8) is 0 Å². The maximum absolute atomic E-state index is 12.3. The number of thioether (sulfide) groups is 1. The van der Waals surface area contributed by atoms with Crippen molar-refractivity contribution < 1.29 is 14.7 Å².